The fourth-order valence-corrected chi connectivity index (χ4v) is 1.54. The zero-order valence-corrected chi connectivity index (χ0v) is 11.1. The Labute approximate surface area is 104 Å². The van der Waals surface area contributed by atoms with E-state index in [2.05, 4.69) is 28.2 Å². The fraction of sp³-hybridized carbons (Fsp3) is 0.615. The van der Waals surface area contributed by atoms with Crippen LogP contribution in [0.5, 0.6) is 0 Å². The third kappa shape index (κ3) is 4.32. The molecule has 0 saturated heterocycles. The van der Waals surface area contributed by atoms with Crippen molar-refractivity contribution >= 4 is 5.82 Å². The smallest absolute Gasteiger partial charge is 0.128 e. The van der Waals surface area contributed by atoms with Crippen LogP contribution in [0, 0.1) is 0 Å². The van der Waals surface area contributed by atoms with Gasteiger partial charge in [-0.05, 0) is 38.9 Å². The van der Waals surface area contributed by atoms with Crippen LogP contribution in [-0.4, -0.2) is 36.8 Å². The summed E-state index contributed by atoms with van der Waals surface area (Å²) in [5.41, 5.74) is 1.18. The van der Waals surface area contributed by atoms with Crippen molar-refractivity contribution in [3.63, 3.8) is 0 Å². The number of hydrogen-bond donors (Lipinski definition) is 2. The van der Waals surface area contributed by atoms with E-state index >= 15 is 0 Å². The number of aliphatic hydroxyl groups excluding tert-OH is 1. The highest BCUT2D eigenvalue weighted by Gasteiger charge is 2.06. The first-order valence-electron chi connectivity index (χ1n) is 6.07. The molecular formula is C13H23N3O. The van der Waals surface area contributed by atoms with Crippen LogP contribution in [0.15, 0.2) is 18.3 Å². The first-order valence-corrected chi connectivity index (χ1v) is 6.07. The predicted molar refractivity (Wildman–Crippen MR) is 71.3 cm³/mol. The van der Waals surface area contributed by atoms with Gasteiger partial charge in [0.05, 0.1) is 6.10 Å². The number of nitrogens with one attached hydrogen (secondary N) is 1. The van der Waals surface area contributed by atoms with Crippen LogP contribution in [0.25, 0.3) is 0 Å². The molecule has 0 amide bonds. The summed E-state index contributed by atoms with van der Waals surface area (Å²) in [4.78, 5) is 6.49. The first kappa shape index (κ1) is 13.9. The van der Waals surface area contributed by atoms with E-state index in [-0.39, 0.29) is 6.10 Å². The minimum Gasteiger partial charge on any atom is -0.393 e. The van der Waals surface area contributed by atoms with E-state index in [4.69, 9.17) is 0 Å². The van der Waals surface area contributed by atoms with Crippen LogP contribution in [0.4, 0.5) is 5.82 Å². The van der Waals surface area contributed by atoms with Crippen LogP contribution in [-0.2, 0) is 0 Å². The molecule has 4 nitrogen and oxygen atoms in total. The lowest BCUT2D eigenvalue weighted by molar-refractivity contribution is 0.187. The first-order chi connectivity index (χ1) is 8.04. The Kier molecular flexibility index (Phi) is 5.38. The lowest BCUT2D eigenvalue weighted by atomic mass is 10.1. The predicted octanol–water partition coefficient (Wildman–Crippen LogP) is 1.57. The normalized spacial score (nSPS) is 14.4. The molecule has 0 spiro atoms. The van der Waals surface area contributed by atoms with Crippen molar-refractivity contribution in [1.29, 1.82) is 0 Å². The number of pyridine rings is 1. The molecular weight excluding hydrogens is 214 g/mol. The number of nitrogens with zero attached hydrogens (tertiary/aromatic N) is 2. The van der Waals surface area contributed by atoms with E-state index in [0.29, 0.717) is 6.04 Å². The molecule has 96 valence electrons. The van der Waals surface area contributed by atoms with E-state index in [1.807, 2.05) is 26.4 Å². The fourth-order valence-electron chi connectivity index (χ4n) is 1.54. The molecule has 17 heavy (non-hydrogen) atoms. The van der Waals surface area contributed by atoms with Crippen LogP contribution in [0.2, 0.25) is 0 Å². The monoisotopic (exact) mass is 237 g/mol. The summed E-state index contributed by atoms with van der Waals surface area (Å²) in [7, 11) is 3.93. The highest BCUT2D eigenvalue weighted by atomic mass is 16.3. The van der Waals surface area contributed by atoms with Gasteiger partial charge < -0.3 is 15.3 Å². The molecule has 0 radical (unpaired) electrons. The molecule has 0 aliphatic rings. The molecule has 0 aliphatic heterocycles. The van der Waals surface area contributed by atoms with Gasteiger partial charge in [-0.1, -0.05) is 6.07 Å². The largest absolute Gasteiger partial charge is 0.393 e. The second-order valence-electron chi connectivity index (χ2n) is 4.52. The number of aromatic nitrogens is 1. The molecule has 0 aromatic carbocycles. The highest BCUT2D eigenvalue weighted by molar-refractivity contribution is 5.38. The molecule has 0 fully saturated rings. The minimum absolute atomic E-state index is 0.263. The standard InChI is InChI=1S/C13H23N3O/c1-10(17)7-8-16(4)13-6-5-12(9-15-13)11(2)14-3/h5-6,9-11,14,17H,7-8H2,1-4H3. The van der Waals surface area contributed by atoms with Gasteiger partial charge in [-0.2, -0.15) is 0 Å². The van der Waals surface area contributed by atoms with Crippen molar-refractivity contribution in [2.45, 2.75) is 32.4 Å². The molecule has 2 atom stereocenters. The molecule has 0 bridgehead atoms. The zero-order chi connectivity index (χ0) is 12.8. The summed E-state index contributed by atoms with van der Waals surface area (Å²) < 4.78 is 0. The summed E-state index contributed by atoms with van der Waals surface area (Å²) in [6.07, 6.45) is 2.39. The molecule has 1 aromatic heterocycles. The Balaban J connectivity index is 2.60. The average Bonchev–Trinajstić information content (AvgIpc) is 2.35. The van der Waals surface area contributed by atoms with Gasteiger partial charge in [0, 0.05) is 25.8 Å². The molecule has 1 aromatic rings. The molecule has 1 rings (SSSR count). The van der Waals surface area contributed by atoms with Gasteiger partial charge in [-0.15, -0.1) is 0 Å². The van der Waals surface area contributed by atoms with Crippen LogP contribution in [0.1, 0.15) is 31.9 Å². The van der Waals surface area contributed by atoms with Gasteiger partial charge in [0.25, 0.3) is 0 Å². The van der Waals surface area contributed by atoms with Crippen molar-refractivity contribution in [2.75, 3.05) is 25.5 Å². The highest BCUT2D eigenvalue weighted by Crippen LogP contribution is 2.15. The van der Waals surface area contributed by atoms with Crippen LogP contribution >= 0.6 is 0 Å². The van der Waals surface area contributed by atoms with Crippen molar-refractivity contribution in [1.82, 2.24) is 10.3 Å². The number of rotatable bonds is 6. The van der Waals surface area contributed by atoms with Gasteiger partial charge in [0.15, 0.2) is 0 Å². The zero-order valence-electron chi connectivity index (χ0n) is 11.1. The van der Waals surface area contributed by atoms with E-state index in [9.17, 15) is 5.11 Å². The van der Waals surface area contributed by atoms with Crippen molar-refractivity contribution in [3.8, 4) is 0 Å². The molecule has 4 heteroatoms. The van der Waals surface area contributed by atoms with E-state index in [1.54, 1.807) is 6.92 Å². The lowest BCUT2D eigenvalue weighted by Gasteiger charge is -2.19. The topological polar surface area (TPSA) is 48.4 Å². The maximum absolute atomic E-state index is 9.24. The Bertz CT molecular complexity index is 324. The maximum Gasteiger partial charge on any atom is 0.128 e. The van der Waals surface area contributed by atoms with Crippen molar-refractivity contribution < 1.29 is 5.11 Å². The summed E-state index contributed by atoms with van der Waals surface area (Å²) in [6, 6.07) is 4.42. The van der Waals surface area contributed by atoms with E-state index in [1.165, 1.54) is 5.56 Å². The van der Waals surface area contributed by atoms with Gasteiger partial charge in [0.1, 0.15) is 5.82 Å². The molecule has 1 heterocycles. The summed E-state index contributed by atoms with van der Waals surface area (Å²) in [5.74, 6) is 0.942. The molecule has 2 N–H and O–H groups in total. The summed E-state index contributed by atoms with van der Waals surface area (Å²) in [6.45, 7) is 4.72. The number of hydrogen-bond acceptors (Lipinski definition) is 4. The third-order valence-corrected chi connectivity index (χ3v) is 2.98. The Morgan fingerprint density at radius 2 is 2.12 bits per heavy atom. The lowest BCUT2D eigenvalue weighted by Crippen LogP contribution is -2.23. The van der Waals surface area contributed by atoms with E-state index in [0.717, 1.165) is 18.8 Å². The number of anilines is 1. The SMILES string of the molecule is CNC(C)c1ccc(N(C)CCC(C)O)nc1. The van der Waals surface area contributed by atoms with Crippen molar-refractivity contribution in [3.05, 3.63) is 23.9 Å². The summed E-state index contributed by atoms with van der Waals surface area (Å²) in [5, 5.41) is 12.4. The Morgan fingerprint density at radius 3 is 2.59 bits per heavy atom. The second-order valence-corrected chi connectivity index (χ2v) is 4.52. The van der Waals surface area contributed by atoms with Crippen molar-refractivity contribution in [2.24, 2.45) is 0 Å². The summed E-state index contributed by atoms with van der Waals surface area (Å²) >= 11 is 0. The maximum atomic E-state index is 9.24. The third-order valence-electron chi connectivity index (χ3n) is 2.98. The Morgan fingerprint density at radius 1 is 1.41 bits per heavy atom. The van der Waals surface area contributed by atoms with E-state index < -0.39 is 0 Å². The average molecular weight is 237 g/mol. The van der Waals surface area contributed by atoms with Crippen LogP contribution in [0.3, 0.4) is 0 Å². The second kappa shape index (κ2) is 6.57. The molecule has 2 unspecified atom stereocenters. The quantitative estimate of drug-likeness (QED) is 0.788. The minimum atomic E-state index is -0.263. The molecule has 0 aliphatic carbocycles. The number of aliphatic hydroxyl groups is 1. The van der Waals surface area contributed by atoms with Gasteiger partial charge in [0.2, 0.25) is 0 Å². The Hall–Kier alpha value is -1.13. The van der Waals surface area contributed by atoms with Gasteiger partial charge >= 0.3 is 0 Å². The van der Waals surface area contributed by atoms with Crippen LogP contribution < -0.4 is 10.2 Å². The van der Waals surface area contributed by atoms with Gasteiger partial charge in [-0.25, -0.2) is 4.98 Å². The molecule has 0 saturated carbocycles. The van der Waals surface area contributed by atoms with Gasteiger partial charge in [-0.3, -0.25) is 0 Å².